The van der Waals surface area contributed by atoms with Crippen molar-refractivity contribution in [1.29, 1.82) is 0 Å². The lowest BCUT2D eigenvalue weighted by molar-refractivity contribution is -0.134. The second-order valence-electron chi connectivity index (χ2n) is 13.6. The predicted molar refractivity (Wildman–Crippen MR) is 230 cm³/mol. The number of amides is 6. The largest absolute Gasteiger partial charge is 0.383 e. The van der Waals surface area contributed by atoms with E-state index in [1.807, 2.05) is 24.5 Å². The molecule has 2 bridgehead atoms. The highest BCUT2D eigenvalue weighted by Crippen LogP contribution is 2.18. The number of rotatable bonds is 6. The van der Waals surface area contributed by atoms with Crippen LogP contribution in [0.1, 0.15) is 28.0 Å². The SMILES string of the molecule is C#C.Cc1ccc(-c2ccncc2)cc1.NC(=O)[C@@H]1Cc2ccc(cc2)NC(=O)[C@H](O)CC(=O)N[C@H](Cc2cccs2)C(=O)NCC(=O)N[C@H](Cc2ccccc2)C(=O)N1. The van der Waals surface area contributed by atoms with Crippen molar-refractivity contribution in [2.24, 2.45) is 5.73 Å². The van der Waals surface area contributed by atoms with Gasteiger partial charge >= 0.3 is 0 Å². The van der Waals surface area contributed by atoms with E-state index >= 15 is 0 Å². The number of benzene rings is 3. The minimum absolute atomic E-state index is 0.0196. The molecule has 0 radical (unpaired) electrons. The zero-order valence-electron chi connectivity index (χ0n) is 32.9. The number of hydrogen-bond acceptors (Lipinski definition) is 9. The monoisotopic (exact) mass is 829 g/mol. The van der Waals surface area contributed by atoms with Crippen molar-refractivity contribution >= 4 is 52.5 Å². The molecular formula is C45H47N7O7S. The fourth-order valence-electron chi connectivity index (χ4n) is 5.93. The number of nitrogens with zero attached hydrogens (tertiary/aromatic N) is 1. The Morgan fingerprint density at radius 1 is 0.733 bits per heavy atom. The predicted octanol–water partition coefficient (Wildman–Crippen LogP) is 2.84. The molecule has 5 aromatic rings. The summed E-state index contributed by atoms with van der Waals surface area (Å²) in [6.07, 6.45) is 9.50. The van der Waals surface area contributed by atoms with Gasteiger partial charge in [0.05, 0.1) is 13.0 Å². The molecule has 2 aliphatic rings. The van der Waals surface area contributed by atoms with Gasteiger partial charge in [0.2, 0.25) is 29.5 Å². The van der Waals surface area contributed by atoms with Crippen LogP contribution in [-0.2, 0) is 48.0 Å². The molecule has 310 valence electrons. The Morgan fingerprint density at radius 3 is 2.00 bits per heavy atom. The molecule has 8 N–H and O–H groups in total. The Kier molecular flexibility index (Phi) is 17.7. The summed E-state index contributed by atoms with van der Waals surface area (Å²) in [5, 5.41) is 24.9. The molecule has 4 atom stereocenters. The first-order valence-electron chi connectivity index (χ1n) is 18.8. The van der Waals surface area contributed by atoms with Crippen molar-refractivity contribution in [2.75, 3.05) is 11.9 Å². The van der Waals surface area contributed by atoms with Crippen molar-refractivity contribution < 1.29 is 33.9 Å². The molecule has 0 aliphatic carbocycles. The van der Waals surface area contributed by atoms with Gasteiger partial charge in [-0.1, -0.05) is 78.4 Å². The molecule has 0 fully saturated rings. The lowest BCUT2D eigenvalue weighted by atomic mass is 10.0. The van der Waals surface area contributed by atoms with Gasteiger partial charge in [-0.2, -0.15) is 0 Å². The Balaban J connectivity index is 0.000000443. The third-order valence-corrected chi connectivity index (χ3v) is 9.96. The number of nitrogens with two attached hydrogens (primary N) is 1. The summed E-state index contributed by atoms with van der Waals surface area (Å²) in [7, 11) is 0. The number of aromatic nitrogens is 1. The second-order valence-corrected chi connectivity index (χ2v) is 14.6. The number of fused-ring (bicyclic) bond motifs is 18. The summed E-state index contributed by atoms with van der Waals surface area (Å²) in [5.74, 6) is -4.43. The Hall–Kier alpha value is -7.15. The summed E-state index contributed by atoms with van der Waals surface area (Å²) in [6.45, 7) is 1.57. The molecule has 0 saturated carbocycles. The number of primary amides is 1. The molecule has 14 nitrogen and oxygen atoms in total. The highest BCUT2D eigenvalue weighted by Gasteiger charge is 2.29. The summed E-state index contributed by atoms with van der Waals surface area (Å²) in [5.41, 5.74) is 11.0. The van der Waals surface area contributed by atoms with Crippen LogP contribution < -0.4 is 32.3 Å². The molecule has 3 aromatic carbocycles. The van der Waals surface area contributed by atoms with Crippen molar-refractivity contribution in [3.05, 3.63) is 142 Å². The lowest BCUT2D eigenvalue weighted by Crippen LogP contribution is -2.56. The molecule has 0 unspecified atom stereocenters. The fourth-order valence-corrected chi connectivity index (χ4v) is 6.68. The summed E-state index contributed by atoms with van der Waals surface area (Å²) in [4.78, 5) is 82.0. The summed E-state index contributed by atoms with van der Waals surface area (Å²) < 4.78 is 0. The average Bonchev–Trinajstić information content (AvgIpc) is 3.77. The van der Waals surface area contributed by atoms with Crippen LogP contribution in [0.3, 0.4) is 0 Å². The van der Waals surface area contributed by atoms with Crippen LogP contribution in [0.15, 0.2) is 121 Å². The molecule has 6 amide bonds. The number of aliphatic hydroxyl groups is 1. The number of aryl methyl sites for hydroxylation is 1. The molecule has 2 aliphatic heterocycles. The number of carbonyl (C=O) groups excluding carboxylic acids is 6. The number of hydrogen-bond donors (Lipinski definition) is 7. The molecular weight excluding hydrogens is 783 g/mol. The number of aliphatic hydroxyl groups excluding tert-OH is 1. The van der Waals surface area contributed by atoms with Crippen LogP contribution in [0.5, 0.6) is 0 Å². The smallest absolute Gasteiger partial charge is 0.253 e. The van der Waals surface area contributed by atoms with Gasteiger partial charge in [0.1, 0.15) is 24.2 Å². The van der Waals surface area contributed by atoms with Gasteiger partial charge in [-0.3, -0.25) is 33.8 Å². The minimum Gasteiger partial charge on any atom is -0.383 e. The summed E-state index contributed by atoms with van der Waals surface area (Å²) >= 11 is 1.36. The second kappa shape index (κ2) is 23.3. The lowest BCUT2D eigenvalue weighted by Gasteiger charge is -2.23. The number of nitrogens with one attached hydrogen (secondary N) is 5. The van der Waals surface area contributed by atoms with Crippen LogP contribution in [-0.4, -0.2) is 76.3 Å². The number of terminal acetylenes is 1. The van der Waals surface area contributed by atoms with Crippen LogP contribution in [0.2, 0.25) is 0 Å². The van der Waals surface area contributed by atoms with Gasteiger partial charge in [0.15, 0.2) is 0 Å². The average molecular weight is 830 g/mol. The molecule has 0 saturated heterocycles. The quantitative estimate of drug-likeness (QED) is 0.0994. The van der Waals surface area contributed by atoms with E-state index < -0.39 is 72.6 Å². The van der Waals surface area contributed by atoms with Gasteiger partial charge in [-0.15, -0.1) is 24.2 Å². The fraction of sp³-hybridized carbons (Fsp3) is 0.222. The van der Waals surface area contributed by atoms with Gasteiger partial charge < -0.3 is 37.4 Å². The topological polar surface area (TPSA) is 222 Å². The first-order chi connectivity index (χ1) is 28.9. The molecule has 60 heavy (non-hydrogen) atoms. The third kappa shape index (κ3) is 14.7. The Labute approximate surface area is 352 Å². The molecule has 0 spiro atoms. The van der Waals surface area contributed by atoms with Crippen LogP contribution in [0, 0.1) is 19.8 Å². The van der Waals surface area contributed by atoms with Gasteiger partial charge in [0, 0.05) is 42.2 Å². The van der Waals surface area contributed by atoms with E-state index in [9.17, 15) is 33.9 Å². The summed E-state index contributed by atoms with van der Waals surface area (Å²) in [6, 6.07) is 27.9. The van der Waals surface area contributed by atoms with Crippen molar-refractivity contribution in [3.8, 4) is 24.0 Å². The highest BCUT2D eigenvalue weighted by atomic mass is 32.1. The van der Waals surface area contributed by atoms with E-state index in [-0.39, 0.29) is 19.3 Å². The van der Waals surface area contributed by atoms with E-state index in [2.05, 4.69) is 75.6 Å². The normalized spacial score (nSPS) is 18.8. The van der Waals surface area contributed by atoms with Crippen LogP contribution >= 0.6 is 11.3 Å². The van der Waals surface area contributed by atoms with Crippen molar-refractivity contribution in [2.45, 2.75) is 56.8 Å². The van der Waals surface area contributed by atoms with Crippen LogP contribution in [0.25, 0.3) is 11.1 Å². The van der Waals surface area contributed by atoms with Crippen molar-refractivity contribution in [1.82, 2.24) is 26.3 Å². The maximum Gasteiger partial charge on any atom is 0.253 e. The number of carbonyl (C=O) groups is 6. The van der Waals surface area contributed by atoms with E-state index in [1.165, 1.54) is 40.2 Å². The Morgan fingerprint density at radius 2 is 1.37 bits per heavy atom. The van der Waals surface area contributed by atoms with Gasteiger partial charge in [0.25, 0.3) is 5.91 Å². The van der Waals surface area contributed by atoms with Crippen molar-refractivity contribution in [3.63, 3.8) is 0 Å². The van der Waals surface area contributed by atoms with E-state index in [0.29, 0.717) is 11.3 Å². The zero-order valence-corrected chi connectivity index (χ0v) is 33.7. The molecule has 2 aromatic heterocycles. The van der Waals surface area contributed by atoms with E-state index in [1.54, 1.807) is 60.0 Å². The van der Waals surface area contributed by atoms with E-state index in [4.69, 9.17) is 5.73 Å². The molecule has 15 heteroatoms. The van der Waals surface area contributed by atoms with Gasteiger partial charge in [-0.05, 0) is 64.9 Å². The van der Waals surface area contributed by atoms with E-state index in [0.717, 1.165) is 10.4 Å². The number of anilines is 1. The first kappa shape index (κ1) is 45.6. The van der Waals surface area contributed by atoms with Gasteiger partial charge in [-0.25, -0.2) is 0 Å². The zero-order chi connectivity index (χ0) is 43.4. The highest BCUT2D eigenvalue weighted by molar-refractivity contribution is 7.09. The maximum absolute atomic E-state index is 13.4. The Bertz CT molecular complexity index is 2200. The molecule has 4 heterocycles. The van der Waals surface area contributed by atoms with Crippen LogP contribution in [0.4, 0.5) is 5.69 Å². The third-order valence-electron chi connectivity index (χ3n) is 9.06. The number of pyridine rings is 1. The number of thiophene rings is 1. The first-order valence-corrected chi connectivity index (χ1v) is 19.7. The standard InChI is InChI=1S/C31H34N6O7S.C12H11N.C2H2/c32-28(41)22-13-19-8-10-20(11-9-19)34-31(44)25(38)16-26(39)35-24(15-21-7-4-12-45-21)29(42)33-17-27(40)36-23(30(43)37-22)14-18-5-2-1-3-6-18;1-10-2-4-11(5-3-10)12-6-8-13-9-7-12;1-2/h1-12,22-25,38H,13-17H2,(H2,32,41)(H,33,42)(H,34,44)(H,35,39)(H,36,40)(H,37,43);2-9H,1H3;1-2H/t22-,23+,24+,25+;;/m0../s1. The minimum atomic E-state index is -1.72. The molecule has 7 rings (SSSR count). The maximum atomic E-state index is 13.4.